The molecule has 0 unspecified atom stereocenters. The van der Waals surface area contributed by atoms with Crippen LogP contribution in [0.15, 0.2) is 74.4 Å². The molecule has 0 bridgehead atoms. The summed E-state index contributed by atoms with van der Waals surface area (Å²) in [5.41, 5.74) is 2.02. The maximum atomic E-state index is 4.28. The third kappa shape index (κ3) is 2.10. The van der Waals surface area contributed by atoms with E-state index in [9.17, 15) is 0 Å². The first kappa shape index (κ1) is 14.1. The van der Waals surface area contributed by atoms with Gasteiger partial charge in [-0.25, -0.2) is 0 Å². The van der Waals surface area contributed by atoms with Crippen LogP contribution in [0, 0.1) is 0 Å². The van der Waals surface area contributed by atoms with Crippen molar-refractivity contribution in [2.24, 2.45) is 0 Å². The van der Waals surface area contributed by atoms with Crippen LogP contribution in [0.5, 0.6) is 0 Å². The number of fused-ring (bicyclic) bond motifs is 3. The maximum absolute atomic E-state index is 4.28. The Bertz CT molecular complexity index is 1030. The first-order chi connectivity index (χ1) is 10.7. The largest absolute Gasteiger partial charge is 0.0990 e. The highest BCUT2D eigenvalue weighted by atomic mass is 14.1. The molecule has 106 valence electrons. The second-order valence-electron chi connectivity index (χ2n) is 5.33. The number of rotatable bonds is 3. The molecule has 22 heavy (non-hydrogen) atoms. The van der Waals surface area contributed by atoms with Gasteiger partial charge in [-0.15, -0.1) is 0 Å². The van der Waals surface area contributed by atoms with Gasteiger partial charge in [-0.3, -0.25) is 0 Å². The SMILES string of the molecule is C=C/C=c1\c(=C)c2ccccc2c2cc(C(=C)C=C)ccc12. The molecule has 0 N–H and O–H groups in total. The summed E-state index contributed by atoms with van der Waals surface area (Å²) >= 11 is 0. The van der Waals surface area contributed by atoms with Crippen molar-refractivity contribution in [3.8, 4) is 0 Å². The van der Waals surface area contributed by atoms with Crippen molar-refractivity contribution in [3.05, 3.63) is 90.4 Å². The highest BCUT2D eigenvalue weighted by Gasteiger charge is 2.06. The minimum absolute atomic E-state index is 0.930. The van der Waals surface area contributed by atoms with Gasteiger partial charge in [-0.1, -0.05) is 80.9 Å². The van der Waals surface area contributed by atoms with Gasteiger partial charge in [0, 0.05) is 0 Å². The summed E-state index contributed by atoms with van der Waals surface area (Å²) in [5, 5.41) is 6.94. The predicted octanol–water partition coefficient (Wildman–Crippen LogP) is 4.57. The van der Waals surface area contributed by atoms with E-state index < -0.39 is 0 Å². The third-order valence-electron chi connectivity index (χ3n) is 4.08. The van der Waals surface area contributed by atoms with Crippen LogP contribution in [-0.2, 0) is 0 Å². The van der Waals surface area contributed by atoms with Crippen molar-refractivity contribution < 1.29 is 0 Å². The number of allylic oxidation sites excluding steroid dienone is 3. The average Bonchev–Trinajstić information content (AvgIpc) is 2.57. The van der Waals surface area contributed by atoms with Gasteiger partial charge >= 0.3 is 0 Å². The minimum Gasteiger partial charge on any atom is -0.0990 e. The van der Waals surface area contributed by atoms with Crippen LogP contribution in [0.2, 0.25) is 0 Å². The molecule has 0 aliphatic heterocycles. The third-order valence-corrected chi connectivity index (χ3v) is 4.08. The fourth-order valence-corrected chi connectivity index (χ4v) is 2.92. The van der Waals surface area contributed by atoms with Gasteiger partial charge in [-0.2, -0.15) is 0 Å². The second kappa shape index (κ2) is 5.50. The van der Waals surface area contributed by atoms with Gasteiger partial charge in [0.25, 0.3) is 0 Å². The summed E-state index contributed by atoms with van der Waals surface area (Å²) in [6.07, 6.45) is 5.63. The van der Waals surface area contributed by atoms with Gasteiger partial charge in [0.15, 0.2) is 0 Å². The van der Waals surface area contributed by atoms with E-state index in [1.807, 2.05) is 18.2 Å². The molecule has 3 rings (SSSR count). The van der Waals surface area contributed by atoms with Gasteiger partial charge in [0.2, 0.25) is 0 Å². The monoisotopic (exact) mass is 282 g/mol. The van der Waals surface area contributed by atoms with Crippen LogP contribution < -0.4 is 10.4 Å². The van der Waals surface area contributed by atoms with Crippen LogP contribution in [0.25, 0.3) is 39.8 Å². The molecule has 3 aromatic carbocycles. The molecular formula is C22H18. The summed E-state index contributed by atoms with van der Waals surface area (Å²) < 4.78 is 0. The van der Waals surface area contributed by atoms with E-state index in [2.05, 4.69) is 62.7 Å². The number of hydrogen-bond acceptors (Lipinski definition) is 0. The van der Waals surface area contributed by atoms with Crippen LogP contribution in [0.4, 0.5) is 0 Å². The Kier molecular flexibility index (Phi) is 3.52. The van der Waals surface area contributed by atoms with E-state index in [-0.39, 0.29) is 0 Å². The van der Waals surface area contributed by atoms with Crippen LogP contribution in [0.3, 0.4) is 0 Å². The molecule has 0 heterocycles. The molecule has 0 amide bonds. The Balaban J connectivity index is 2.61. The summed E-state index contributed by atoms with van der Waals surface area (Å²) in [6, 6.07) is 14.8. The molecule has 0 heteroatoms. The lowest BCUT2D eigenvalue weighted by Gasteiger charge is -2.09. The van der Waals surface area contributed by atoms with E-state index in [4.69, 9.17) is 0 Å². The van der Waals surface area contributed by atoms with E-state index in [1.54, 1.807) is 6.08 Å². The molecule has 0 nitrogen and oxygen atoms in total. The smallest absolute Gasteiger partial charge is 0.00928 e. The zero-order valence-corrected chi connectivity index (χ0v) is 12.6. The minimum atomic E-state index is 0.930. The Labute approximate surface area is 130 Å². The van der Waals surface area contributed by atoms with Crippen LogP contribution in [-0.4, -0.2) is 0 Å². The lowest BCUT2D eigenvalue weighted by molar-refractivity contribution is 1.62. The summed E-state index contributed by atoms with van der Waals surface area (Å²) in [6.45, 7) is 16.0. The highest BCUT2D eigenvalue weighted by Crippen LogP contribution is 2.24. The molecule has 0 atom stereocenters. The van der Waals surface area contributed by atoms with Crippen molar-refractivity contribution in [2.75, 3.05) is 0 Å². The van der Waals surface area contributed by atoms with E-state index in [1.165, 1.54) is 21.5 Å². The number of hydrogen-bond donors (Lipinski definition) is 0. The first-order valence-electron chi connectivity index (χ1n) is 7.25. The van der Waals surface area contributed by atoms with Gasteiger partial charge in [-0.05, 0) is 49.2 Å². The molecule has 0 radical (unpaired) electrons. The predicted molar refractivity (Wildman–Crippen MR) is 100 cm³/mol. The van der Waals surface area contributed by atoms with Crippen LogP contribution in [0.1, 0.15) is 5.56 Å². The second-order valence-corrected chi connectivity index (χ2v) is 5.33. The van der Waals surface area contributed by atoms with Crippen molar-refractivity contribution in [1.29, 1.82) is 0 Å². The molecule has 0 fully saturated rings. The lowest BCUT2D eigenvalue weighted by atomic mass is 9.94. The molecule has 0 aliphatic carbocycles. The van der Waals surface area contributed by atoms with Crippen molar-refractivity contribution in [2.45, 2.75) is 0 Å². The van der Waals surface area contributed by atoms with Gasteiger partial charge in [0.05, 0.1) is 0 Å². The van der Waals surface area contributed by atoms with Gasteiger partial charge < -0.3 is 0 Å². The summed E-state index contributed by atoms with van der Waals surface area (Å²) in [7, 11) is 0. The zero-order valence-electron chi connectivity index (χ0n) is 12.6. The van der Waals surface area contributed by atoms with Crippen molar-refractivity contribution in [3.63, 3.8) is 0 Å². The highest BCUT2D eigenvalue weighted by molar-refractivity contribution is 6.09. The Hall–Kier alpha value is -2.86. The average molecular weight is 282 g/mol. The normalized spacial score (nSPS) is 11.7. The Morgan fingerprint density at radius 1 is 0.864 bits per heavy atom. The van der Waals surface area contributed by atoms with Crippen molar-refractivity contribution in [1.82, 2.24) is 0 Å². The Morgan fingerprint density at radius 3 is 2.27 bits per heavy atom. The number of benzene rings is 3. The van der Waals surface area contributed by atoms with Crippen molar-refractivity contribution >= 4 is 39.8 Å². The Morgan fingerprint density at radius 2 is 1.59 bits per heavy atom. The van der Waals surface area contributed by atoms with Crippen LogP contribution >= 0.6 is 0 Å². The lowest BCUT2D eigenvalue weighted by Crippen LogP contribution is -2.24. The molecule has 0 aliphatic rings. The topological polar surface area (TPSA) is 0 Å². The summed E-state index contributed by atoms with van der Waals surface area (Å²) in [5.74, 6) is 0. The molecule has 0 saturated carbocycles. The fourth-order valence-electron chi connectivity index (χ4n) is 2.92. The zero-order chi connectivity index (χ0) is 15.7. The molecule has 0 saturated heterocycles. The standard InChI is InChI=1S/C22H18/c1-5-9-18-16(4)19-10-7-8-11-20(19)22-14-17(15(3)6-2)12-13-21(18)22/h5-14H,1-4H2/b18-9+. The van der Waals surface area contributed by atoms with Gasteiger partial charge in [0.1, 0.15) is 0 Å². The summed E-state index contributed by atoms with van der Waals surface area (Å²) in [4.78, 5) is 0. The maximum Gasteiger partial charge on any atom is -0.00928 e. The molecule has 0 aromatic heterocycles. The van der Waals surface area contributed by atoms with E-state index in [0.717, 1.165) is 21.6 Å². The fraction of sp³-hybridized carbons (Fsp3) is 0. The molecule has 0 spiro atoms. The first-order valence-corrected chi connectivity index (χ1v) is 7.25. The quantitative estimate of drug-likeness (QED) is 0.487. The van der Waals surface area contributed by atoms with E-state index in [0.29, 0.717) is 0 Å². The molecular weight excluding hydrogens is 264 g/mol. The van der Waals surface area contributed by atoms with E-state index >= 15 is 0 Å². The molecule has 3 aromatic rings.